The number of nitrogens with two attached hydrogens (primary N) is 1. The Labute approximate surface area is 230 Å². The number of halogens is 2. The van der Waals surface area contributed by atoms with Crippen molar-refractivity contribution in [2.45, 2.75) is 89.5 Å². The van der Waals surface area contributed by atoms with E-state index >= 15 is 0 Å². The normalized spacial score (nSPS) is 13.9. The lowest BCUT2D eigenvalue weighted by atomic mass is 9.97. The number of ether oxygens (including phenoxy) is 1. The molecule has 0 bridgehead atoms. The van der Waals surface area contributed by atoms with Crippen molar-refractivity contribution >= 4 is 11.9 Å². The van der Waals surface area contributed by atoms with E-state index in [0.717, 1.165) is 36.6 Å². The van der Waals surface area contributed by atoms with Crippen LogP contribution in [0.3, 0.4) is 0 Å². The number of Topliss-reactive ketones (excluding diaryl/α,β-unsaturated/α-hetero) is 1. The van der Waals surface area contributed by atoms with Gasteiger partial charge in [0.1, 0.15) is 23.3 Å². The largest absolute Gasteiger partial charge is 0.444 e. The maximum absolute atomic E-state index is 14.2. The number of benzene rings is 2. The molecule has 3 atom stereocenters. The summed E-state index contributed by atoms with van der Waals surface area (Å²) < 4.78 is 33.1. The van der Waals surface area contributed by atoms with Crippen molar-refractivity contribution < 1.29 is 28.2 Å². The van der Waals surface area contributed by atoms with Gasteiger partial charge in [-0.25, -0.2) is 13.6 Å². The Morgan fingerprint density at radius 1 is 1.00 bits per heavy atom. The van der Waals surface area contributed by atoms with E-state index in [-0.39, 0.29) is 24.2 Å². The Hall–Kier alpha value is -2.88. The zero-order chi connectivity index (χ0) is 28.8. The number of unbranched alkanes of at least 4 members (excludes halogenated alkanes) is 1. The van der Waals surface area contributed by atoms with Crippen LogP contribution in [0.2, 0.25) is 0 Å². The minimum absolute atomic E-state index is 0.146. The summed E-state index contributed by atoms with van der Waals surface area (Å²) in [6.07, 6.45) is 1.68. The van der Waals surface area contributed by atoms with E-state index < -0.39 is 41.5 Å². The zero-order valence-electron chi connectivity index (χ0n) is 23.2. The Bertz CT molecular complexity index is 1030. The molecule has 0 aliphatic carbocycles. The third kappa shape index (κ3) is 13.2. The first-order chi connectivity index (χ1) is 18.4. The molecule has 0 aliphatic rings. The summed E-state index contributed by atoms with van der Waals surface area (Å²) in [7, 11) is 0. The fraction of sp³-hybridized carbons (Fsp3) is 0.533. The van der Waals surface area contributed by atoms with Crippen LogP contribution in [0.4, 0.5) is 13.6 Å². The molecular formula is C30H43F2N3O4. The zero-order valence-corrected chi connectivity index (χ0v) is 23.2. The number of aliphatic hydroxyl groups excluding tert-OH is 1. The highest BCUT2D eigenvalue weighted by molar-refractivity contribution is 5.83. The second-order valence-electron chi connectivity index (χ2n) is 10.9. The molecule has 2 aromatic carbocycles. The number of nitrogens with one attached hydrogen (secondary N) is 2. The molecule has 0 saturated carbocycles. The predicted octanol–water partition coefficient (Wildman–Crippen LogP) is 4.44. The van der Waals surface area contributed by atoms with Gasteiger partial charge in [-0.3, -0.25) is 4.79 Å². The number of carbonyl (C=O) groups excluding carboxylic acids is 2. The average Bonchev–Trinajstić information content (AvgIpc) is 2.86. The first kappa shape index (κ1) is 32.3. The topological polar surface area (TPSA) is 114 Å². The third-order valence-electron chi connectivity index (χ3n) is 6.18. The molecule has 39 heavy (non-hydrogen) atoms. The first-order valence-electron chi connectivity index (χ1n) is 13.6. The van der Waals surface area contributed by atoms with Crippen LogP contribution in [-0.2, 0) is 22.4 Å². The van der Waals surface area contributed by atoms with Crippen LogP contribution in [0.5, 0.6) is 0 Å². The number of ketones is 1. The van der Waals surface area contributed by atoms with Gasteiger partial charge in [0.25, 0.3) is 0 Å². The molecule has 216 valence electrons. The third-order valence-corrected chi connectivity index (χ3v) is 6.18. The average molecular weight is 548 g/mol. The van der Waals surface area contributed by atoms with Crippen molar-refractivity contribution in [3.63, 3.8) is 0 Å². The highest BCUT2D eigenvalue weighted by Gasteiger charge is 2.23. The molecular weight excluding hydrogens is 504 g/mol. The van der Waals surface area contributed by atoms with E-state index in [2.05, 4.69) is 10.6 Å². The number of hydrogen-bond acceptors (Lipinski definition) is 6. The molecule has 0 fully saturated rings. The number of alkyl carbamates (subject to hydrolysis) is 1. The van der Waals surface area contributed by atoms with Gasteiger partial charge in [0.2, 0.25) is 0 Å². The van der Waals surface area contributed by atoms with Crippen molar-refractivity contribution in [1.29, 1.82) is 0 Å². The summed E-state index contributed by atoms with van der Waals surface area (Å²) in [6.45, 7) is 6.57. The second kappa shape index (κ2) is 16.3. The number of carbonyl (C=O) groups is 2. The van der Waals surface area contributed by atoms with Crippen LogP contribution in [0.1, 0.15) is 64.0 Å². The van der Waals surface area contributed by atoms with Gasteiger partial charge in [-0.2, -0.15) is 0 Å². The lowest BCUT2D eigenvalue weighted by Crippen LogP contribution is -2.42. The standard InChI is InChI=1S/C30H43F2N3O4/c1-30(2,3)39-29(38)35-24(20-22-19-23(31)14-15-25(22)32)12-7-8-16-34-17-9-13-27(36)28(37)26(33)18-21-10-5-4-6-11-21/h4-6,10-11,14-15,19,24,26,28,34,37H,7-9,12-13,16-18,20,33H2,1-3H3,(H,35,38). The van der Waals surface area contributed by atoms with Gasteiger partial charge in [0.05, 0.1) is 0 Å². The van der Waals surface area contributed by atoms with Crippen LogP contribution in [-0.4, -0.2) is 53.9 Å². The molecule has 7 nitrogen and oxygen atoms in total. The summed E-state index contributed by atoms with van der Waals surface area (Å²) in [4.78, 5) is 24.6. The summed E-state index contributed by atoms with van der Waals surface area (Å²) in [6, 6.07) is 11.7. The van der Waals surface area contributed by atoms with Crippen LogP contribution in [0.25, 0.3) is 0 Å². The minimum Gasteiger partial charge on any atom is -0.444 e. The molecule has 1 amide bonds. The summed E-state index contributed by atoms with van der Waals surface area (Å²) in [5, 5.41) is 16.3. The lowest BCUT2D eigenvalue weighted by Gasteiger charge is -2.24. The molecule has 2 aromatic rings. The Kier molecular flexibility index (Phi) is 13.5. The molecule has 9 heteroatoms. The fourth-order valence-electron chi connectivity index (χ4n) is 4.20. The smallest absolute Gasteiger partial charge is 0.407 e. The van der Waals surface area contributed by atoms with Gasteiger partial charge in [-0.15, -0.1) is 0 Å². The van der Waals surface area contributed by atoms with Gasteiger partial charge >= 0.3 is 6.09 Å². The van der Waals surface area contributed by atoms with Crippen molar-refractivity contribution in [1.82, 2.24) is 10.6 Å². The summed E-state index contributed by atoms with van der Waals surface area (Å²) in [5.41, 5.74) is 6.52. The van der Waals surface area contributed by atoms with E-state index in [9.17, 15) is 23.5 Å². The van der Waals surface area contributed by atoms with Crippen LogP contribution in [0, 0.1) is 11.6 Å². The Morgan fingerprint density at radius 2 is 1.69 bits per heavy atom. The van der Waals surface area contributed by atoms with Gasteiger partial charge in [-0.1, -0.05) is 36.8 Å². The number of rotatable bonds is 16. The van der Waals surface area contributed by atoms with Crippen molar-refractivity contribution in [2.75, 3.05) is 13.1 Å². The van der Waals surface area contributed by atoms with Crippen molar-refractivity contribution in [2.24, 2.45) is 5.73 Å². The highest BCUT2D eigenvalue weighted by atomic mass is 19.1. The van der Waals surface area contributed by atoms with Crippen molar-refractivity contribution in [3.8, 4) is 0 Å². The van der Waals surface area contributed by atoms with E-state index in [1.54, 1.807) is 20.8 Å². The SMILES string of the molecule is CC(C)(C)OC(=O)NC(CCCCNCCCC(=O)C(O)C(N)Cc1ccccc1)Cc1cc(F)ccc1F. The molecule has 0 spiro atoms. The number of aliphatic hydroxyl groups is 1. The van der Waals surface area contributed by atoms with Crippen LogP contribution in [0.15, 0.2) is 48.5 Å². The lowest BCUT2D eigenvalue weighted by molar-refractivity contribution is -0.128. The summed E-state index contributed by atoms with van der Waals surface area (Å²) >= 11 is 0. The second-order valence-corrected chi connectivity index (χ2v) is 10.9. The van der Waals surface area contributed by atoms with Crippen molar-refractivity contribution in [3.05, 3.63) is 71.3 Å². The molecule has 5 N–H and O–H groups in total. The molecule has 0 aromatic heterocycles. The van der Waals surface area contributed by atoms with E-state index in [0.29, 0.717) is 32.4 Å². The summed E-state index contributed by atoms with van der Waals surface area (Å²) in [5.74, 6) is -1.31. The van der Waals surface area contributed by atoms with Gasteiger partial charge in [-0.05, 0) is 95.3 Å². The predicted molar refractivity (Wildman–Crippen MR) is 148 cm³/mol. The first-order valence-corrected chi connectivity index (χ1v) is 13.6. The van der Waals surface area contributed by atoms with E-state index in [1.165, 1.54) is 0 Å². The van der Waals surface area contributed by atoms with E-state index in [1.807, 2.05) is 30.3 Å². The minimum atomic E-state index is -1.19. The van der Waals surface area contributed by atoms with E-state index in [4.69, 9.17) is 10.5 Å². The quantitative estimate of drug-likeness (QED) is 0.231. The number of hydrogen-bond donors (Lipinski definition) is 4. The van der Waals surface area contributed by atoms with Crippen LogP contribution < -0.4 is 16.4 Å². The molecule has 0 aliphatic heterocycles. The maximum Gasteiger partial charge on any atom is 0.407 e. The van der Waals surface area contributed by atoms with Gasteiger partial charge in [0.15, 0.2) is 5.78 Å². The van der Waals surface area contributed by atoms with Gasteiger partial charge < -0.3 is 26.2 Å². The molecule has 0 radical (unpaired) electrons. The fourth-order valence-corrected chi connectivity index (χ4v) is 4.20. The maximum atomic E-state index is 14.2. The van der Waals surface area contributed by atoms with Crippen LogP contribution >= 0.6 is 0 Å². The Morgan fingerprint density at radius 3 is 2.38 bits per heavy atom. The molecule has 3 unspecified atom stereocenters. The molecule has 0 saturated heterocycles. The Balaban J connectivity index is 1.70. The number of amides is 1. The molecule has 0 heterocycles. The molecule has 2 rings (SSSR count). The highest BCUT2D eigenvalue weighted by Crippen LogP contribution is 2.16. The van der Waals surface area contributed by atoms with Gasteiger partial charge in [0, 0.05) is 18.5 Å². The monoisotopic (exact) mass is 547 g/mol.